The number of hydrogen-bond donors (Lipinski definition) is 2. The average Bonchev–Trinajstić information content (AvgIpc) is 2.67. The van der Waals surface area contributed by atoms with Crippen LogP contribution in [0.1, 0.15) is 15.9 Å². The first-order valence-corrected chi connectivity index (χ1v) is 10.9. The smallest absolute Gasteiger partial charge is 0.251 e. The van der Waals surface area contributed by atoms with Gasteiger partial charge in [0.25, 0.3) is 5.91 Å². The molecule has 2 rings (SSSR count). The predicted molar refractivity (Wildman–Crippen MR) is 108 cm³/mol. The van der Waals surface area contributed by atoms with Gasteiger partial charge in [-0.3, -0.25) is 9.59 Å². The second-order valence-electron chi connectivity index (χ2n) is 5.91. The molecule has 28 heavy (non-hydrogen) atoms. The number of nitrogens with one attached hydrogen (secondary N) is 2. The second-order valence-corrected chi connectivity index (χ2v) is 8.88. The first kappa shape index (κ1) is 21.6. The summed E-state index contributed by atoms with van der Waals surface area (Å²) < 4.78 is 25.9. The summed E-state index contributed by atoms with van der Waals surface area (Å²) >= 11 is 3.30. The van der Waals surface area contributed by atoms with E-state index in [4.69, 9.17) is 5.26 Å². The van der Waals surface area contributed by atoms with Gasteiger partial charge in [0.2, 0.25) is 5.91 Å². The minimum absolute atomic E-state index is 0.291. The van der Waals surface area contributed by atoms with Gasteiger partial charge >= 0.3 is 0 Å². The molecule has 0 aliphatic carbocycles. The Balaban J connectivity index is 2.18. The van der Waals surface area contributed by atoms with Crippen molar-refractivity contribution in [3.05, 3.63) is 70.2 Å². The van der Waals surface area contributed by atoms with Gasteiger partial charge < -0.3 is 10.6 Å². The highest BCUT2D eigenvalue weighted by Gasteiger charge is 2.28. The fourth-order valence-electron chi connectivity index (χ4n) is 2.43. The Hall–Kier alpha value is -2.70. The lowest BCUT2D eigenvalue weighted by atomic mass is 10.2. The highest BCUT2D eigenvalue weighted by molar-refractivity contribution is 9.10. The lowest BCUT2D eigenvalue weighted by Crippen LogP contribution is -2.50. The summed E-state index contributed by atoms with van der Waals surface area (Å²) in [6.07, 6.45) is 0. The Kier molecular flexibility index (Phi) is 7.72. The summed E-state index contributed by atoms with van der Waals surface area (Å²) in [5.74, 6) is -2.20. The molecule has 0 radical (unpaired) electrons. The van der Waals surface area contributed by atoms with Crippen LogP contribution >= 0.6 is 15.9 Å². The summed E-state index contributed by atoms with van der Waals surface area (Å²) in [7, 11) is -3.74. The summed E-state index contributed by atoms with van der Waals surface area (Å²) in [6.45, 7) is -0.291. The van der Waals surface area contributed by atoms with E-state index in [0.717, 1.165) is 0 Å². The van der Waals surface area contributed by atoms with Crippen molar-refractivity contribution in [2.75, 3.05) is 12.3 Å². The molecule has 0 aromatic heterocycles. The van der Waals surface area contributed by atoms with Gasteiger partial charge in [-0.2, -0.15) is 5.26 Å². The number of nitrogens with zero attached hydrogens (tertiary/aromatic N) is 1. The van der Waals surface area contributed by atoms with Gasteiger partial charge in [0, 0.05) is 10.0 Å². The Labute approximate surface area is 171 Å². The van der Waals surface area contributed by atoms with Crippen molar-refractivity contribution in [3.63, 3.8) is 0 Å². The van der Waals surface area contributed by atoms with Gasteiger partial charge in [0.05, 0.1) is 17.6 Å². The van der Waals surface area contributed by atoms with Crippen LogP contribution in [0.15, 0.2) is 59.1 Å². The molecule has 1 unspecified atom stereocenters. The molecule has 0 fully saturated rings. The molecule has 7 nitrogen and oxygen atoms in total. The van der Waals surface area contributed by atoms with Gasteiger partial charge in [-0.25, -0.2) is 8.42 Å². The van der Waals surface area contributed by atoms with Gasteiger partial charge in [-0.1, -0.05) is 52.3 Å². The van der Waals surface area contributed by atoms with E-state index in [1.165, 1.54) is 0 Å². The molecule has 0 aliphatic rings. The Morgan fingerprint density at radius 1 is 1.07 bits per heavy atom. The lowest BCUT2D eigenvalue weighted by molar-refractivity contribution is -0.122. The minimum atomic E-state index is -3.74. The maximum Gasteiger partial charge on any atom is 0.251 e. The van der Waals surface area contributed by atoms with E-state index in [9.17, 15) is 18.0 Å². The van der Waals surface area contributed by atoms with Crippen LogP contribution in [0.5, 0.6) is 0 Å². The van der Waals surface area contributed by atoms with Crippen molar-refractivity contribution in [1.29, 1.82) is 5.26 Å². The normalized spacial score (nSPS) is 11.9. The summed E-state index contributed by atoms with van der Waals surface area (Å²) in [4.78, 5) is 24.7. The summed E-state index contributed by atoms with van der Waals surface area (Å²) in [5, 5.41) is 13.4. The zero-order chi connectivity index (χ0) is 20.6. The van der Waals surface area contributed by atoms with Crippen molar-refractivity contribution in [1.82, 2.24) is 10.6 Å². The number of rotatable bonds is 8. The average molecular weight is 464 g/mol. The molecule has 0 bridgehead atoms. The second kappa shape index (κ2) is 10.0. The molecule has 0 saturated heterocycles. The third kappa shape index (κ3) is 6.48. The molecule has 0 spiro atoms. The minimum Gasteiger partial charge on any atom is -0.341 e. The third-order valence-electron chi connectivity index (χ3n) is 3.75. The molecular formula is C19H18BrN3O4S. The highest BCUT2D eigenvalue weighted by Crippen LogP contribution is 2.19. The molecule has 9 heteroatoms. The number of benzene rings is 2. The first-order chi connectivity index (χ1) is 13.3. The van der Waals surface area contributed by atoms with Crippen LogP contribution in [-0.2, 0) is 20.4 Å². The van der Waals surface area contributed by atoms with Crippen LogP contribution < -0.4 is 10.6 Å². The molecule has 146 valence electrons. The van der Waals surface area contributed by atoms with E-state index in [0.29, 0.717) is 15.6 Å². The maximum atomic E-state index is 12.6. The van der Waals surface area contributed by atoms with E-state index < -0.39 is 33.4 Å². The molecule has 2 amide bonds. The number of hydrogen-bond acceptors (Lipinski definition) is 5. The van der Waals surface area contributed by atoms with Crippen molar-refractivity contribution >= 4 is 37.6 Å². The van der Waals surface area contributed by atoms with Gasteiger partial charge in [0.1, 0.15) is 12.6 Å². The molecule has 2 N–H and O–H groups in total. The Morgan fingerprint density at radius 2 is 1.71 bits per heavy atom. The van der Waals surface area contributed by atoms with Gasteiger partial charge in [-0.05, 0) is 23.8 Å². The maximum absolute atomic E-state index is 12.6. The Morgan fingerprint density at radius 3 is 2.36 bits per heavy atom. The summed E-state index contributed by atoms with van der Waals surface area (Å²) in [5.41, 5.74) is 0.844. The van der Waals surface area contributed by atoms with E-state index >= 15 is 0 Å². The fraction of sp³-hybridized carbons (Fsp3) is 0.211. The van der Waals surface area contributed by atoms with Gasteiger partial charge in [0.15, 0.2) is 9.84 Å². The molecule has 2 aromatic rings. The van der Waals surface area contributed by atoms with Crippen LogP contribution in [0, 0.1) is 11.3 Å². The third-order valence-corrected chi connectivity index (χ3v) is 6.12. The van der Waals surface area contributed by atoms with Crippen molar-refractivity contribution in [3.8, 4) is 6.07 Å². The quantitative estimate of drug-likeness (QED) is 0.578. The van der Waals surface area contributed by atoms with Crippen LogP contribution in [0.4, 0.5) is 0 Å². The SMILES string of the molecule is N#CCNC(=O)C(CS(=O)(=O)Cc1ccccc1Br)NC(=O)c1ccccc1. The lowest BCUT2D eigenvalue weighted by Gasteiger charge is -2.18. The standard InChI is InChI=1S/C19H18BrN3O4S/c20-16-9-5-4-8-15(16)12-28(26,27)13-17(19(25)22-11-10-21)23-18(24)14-6-2-1-3-7-14/h1-9,17H,11-13H2,(H,22,25)(H,23,24). The van der Waals surface area contributed by atoms with E-state index in [-0.39, 0.29) is 12.3 Å². The zero-order valence-electron chi connectivity index (χ0n) is 14.8. The van der Waals surface area contributed by atoms with Gasteiger partial charge in [-0.15, -0.1) is 0 Å². The highest BCUT2D eigenvalue weighted by atomic mass is 79.9. The van der Waals surface area contributed by atoms with Crippen molar-refractivity contribution < 1.29 is 18.0 Å². The largest absolute Gasteiger partial charge is 0.341 e. The monoisotopic (exact) mass is 463 g/mol. The number of halogens is 1. The zero-order valence-corrected chi connectivity index (χ0v) is 17.2. The van der Waals surface area contributed by atoms with Crippen LogP contribution in [0.25, 0.3) is 0 Å². The molecule has 2 aromatic carbocycles. The first-order valence-electron chi connectivity index (χ1n) is 8.27. The number of carbonyl (C=O) groups excluding carboxylic acids is 2. The van der Waals surface area contributed by atoms with E-state index in [1.54, 1.807) is 60.7 Å². The Bertz CT molecular complexity index is 988. The molecule has 0 saturated carbocycles. The number of amides is 2. The molecule has 0 heterocycles. The number of carbonyl (C=O) groups is 2. The molecule has 0 aliphatic heterocycles. The van der Waals surface area contributed by atoms with Crippen LogP contribution in [0.3, 0.4) is 0 Å². The van der Waals surface area contributed by atoms with E-state index in [2.05, 4.69) is 26.6 Å². The topological polar surface area (TPSA) is 116 Å². The van der Waals surface area contributed by atoms with Crippen LogP contribution in [0.2, 0.25) is 0 Å². The molecule has 1 atom stereocenters. The predicted octanol–water partition coefficient (Wildman–Crippen LogP) is 1.80. The molecular weight excluding hydrogens is 446 g/mol. The van der Waals surface area contributed by atoms with Crippen molar-refractivity contribution in [2.24, 2.45) is 0 Å². The number of nitriles is 1. The summed E-state index contributed by atoms with van der Waals surface area (Å²) in [6, 6.07) is 15.4. The van der Waals surface area contributed by atoms with Crippen LogP contribution in [-0.4, -0.2) is 38.6 Å². The van der Waals surface area contributed by atoms with Crippen molar-refractivity contribution in [2.45, 2.75) is 11.8 Å². The number of sulfone groups is 1. The fourth-order valence-corrected chi connectivity index (χ4v) is 4.63. The van der Waals surface area contributed by atoms with E-state index in [1.807, 2.05) is 0 Å².